The Morgan fingerprint density at radius 1 is 1.71 bits per heavy atom. The van der Waals surface area contributed by atoms with E-state index in [9.17, 15) is 4.79 Å². The molecule has 4 nitrogen and oxygen atoms in total. The van der Waals surface area contributed by atoms with E-state index in [0.29, 0.717) is 13.0 Å². The Morgan fingerprint density at radius 2 is 2.43 bits per heavy atom. The number of carboxylic acid groups (broad SMARTS) is 1. The predicted octanol–water partition coefficient (Wildman–Crippen LogP) is 0.960. The van der Waals surface area contributed by atoms with Crippen LogP contribution < -0.4 is 0 Å². The maximum absolute atomic E-state index is 11.0. The van der Waals surface area contributed by atoms with Crippen LogP contribution in [0.3, 0.4) is 0 Å². The van der Waals surface area contributed by atoms with E-state index in [-0.39, 0.29) is 12.1 Å². The van der Waals surface area contributed by atoms with Gasteiger partial charge in [0.1, 0.15) is 6.04 Å². The molecule has 0 aromatic carbocycles. The quantitative estimate of drug-likeness (QED) is 0.719. The Kier molecular flexibility index (Phi) is 4.35. The van der Waals surface area contributed by atoms with E-state index in [4.69, 9.17) is 9.84 Å². The van der Waals surface area contributed by atoms with E-state index in [1.165, 1.54) is 0 Å². The molecule has 0 saturated carbocycles. The first-order chi connectivity index (χ1) is 6.66. The number of rotatable bonds is 5. The van der Waals surface area contributed by atoms with Gasteiger partial charge in [-0.1, -0.05) is 13.3 Å². The number of aliphatic carboxylic acids is 1. The van der Waals surface area contributed by atoms with Crippen molar-refractivity contribution in [2.75, 3.05) is 20.3 Å². The minimum Gasteiger partial charge on any atom is -0.480 e. The van der Waals surface area contributed by atoms with Crippen LogP contribution in [0.4, 0.5) is 0 Å². The van der Waals surface area contributed by atoms with Gasteiger partial charge < -0.3 is 9.84 Å². The molecule has 1 aliphatic heterocycles. The molecule has 1 saturated heterocycles. The summed E-state index contributed by atoms with van der Waals surface area (Å²) in [6.07, 6.45) is 2.56. The number of hydrogen-bond donors (Lipinski definition) is 1. The smallest absolute Gasteiger partial charge is 0.320 e. The number of carboxylic acids is 1. The van der Waals surface area contributed by atoms with Crippen LogP contribution >= 0.6 is 0 Å². The van der Waals surface area contributed by atoms with Crippen LogP contribution in [0.1, 0.15) is 26.2 Å². The van der Waals surface area contributed by atoms with Gasteiger partial charge >= 0.3 is 5.97 Å². The summed E-state index contributed by atoms with van der Waals surface area (Å²) in [7, 11) is 1.88. The lowest BCUT2D eigenvalue weighted by Gasteiger charge is -2.29. The van der Waals surface area contributed by atoms with Gasteiger partial charge in [-0.25, -0.2) is 0 Å². The molecule has 1 rings (SSSR count). The lowest BCUT2D eigenvalue weighted by Crippen LogP contribution is -2.45. The molecule has 0 spiro atoms. The first-order valence-corrected chi connectivity index (χ1v) is 5.19. The molecule has 0 aromatic rings. The van der Waals surface area contributed by atoms with Gasteiger partial charge in [-0.2, -0.15) is 0 Å². The maximum atomic E-state index is 11.0. The first kappa shape index (κ1) is 11.5. The zero-order valence-electron chi connectivity index (χ0n) is 8.90. The lowest BCUT2D eigenvalue weighted by molar-refractivity contribution is -0.144. The largest absolute Gasteiger partial charge is 0.480 e. The van der Waals surface area contributed by atoms with E-state index < -0.39 is 5.97 Å². The van der Waals surface area contributed by atoms with E-state index >= 15 is 0 Å². The lowest BCUT2D eigenvalue weighted by atomic mass is 10.1. The van der Waals surface area contributed by atoms with Gasteiger partial charge in [-0.05, 0) is 19.9 Å². The maximum Gasteiger partial charge on any atom is 0.320 e. The highest BCUT2D eigenvalue weighted by Gasteiger charge is 2.29. The van der Waals surface area contributed by atoms with Gasteiger partial charge in [0.15, 0.2) is 0 Å². The fraction of sp³-hybridized carbons (Fsp3) is 0.900. The van der Waals surface area contributed by atoms with Crippen LogP contribution in [0.2, 0.25) is 0 Å². The molecule has 0 amide bonds. The standard InChI is InChI=1S/C10H19NO3/c1-3-4-9(10(12)13)11(2)8-5-6-14-7-8/h8-9H,3-7H2,1-2H3,(H,12,13). The van der Waals surface area contributed by atoms with Crippen molar-refractivity contribution in [1.29, 1.82) is 0 Å². The summed E-state index contributed by atoms with van der Waals surface area (Å²) in [5.74, 6) is -0.721. The van der Waals surface area contributed by atoms with Crippen molar-refractivity contribution in [1.82, 2.24) is 4.90 Å². The molecule has 2 unspecified atom stereocenters. The van der Waals surface area contributed by atoms with Crippen molar-refractivity contribution in [3.05, 3.63) is 0 Å². The van der Waals surface area contributed by atoms with Crippen LogP contribution in [0.5, 0.6) is 0 Å². The summed E-state index contributed by atoms with van der Waals surface area (Å²) in [6.45, 7) is 3.44. The normalized spacial score (nSPS) is 24.1. The van der Waals surface area contributed by atoms with Crippen molar-refractivity contribution in [3.63, 3.8) is 0 Å². The summed E-state index contributed by atoms with van der Waals surface area (Å²) in [5, 5.41) is 9.05. The fourth-order valence-electron chi connectivity index (χ4n) is 1.87. The zero-order chi connectivity index (χ0) is 10.6. The molecule has 0 aliphatic carbocycles. The van der Waals surface area contributed by atoms with Crippen molar-refractivity contribution in [3.8, 4) is 0 Å². The molecule has 1 heterocycles. The first-order valence-electron chi connectivity index (χ1n) is 5.19. The van der Waals surface area contributed by atoms with E-state index in [2.05, 4.69) is 0 Å². The van der Waals surface area contributed by atoms with E-state index in [1.54, 1.807) is 0 Å². The Morgan fingerprint density at radius 3 is 2.86 bits per heavy atom. The third kappa shape index (κ3) is 2.69. The number of likely N-dealkylation sites (N-methyl/N-ethyl adjacent to an activating group) is 1. The Bertz CT molecular complexity index is 190. The predicted molar refractivity (Wildman–Crippen MR) is 53.3 cm³/mol. The second kappa shape index (κ2) is 5.32. The van der Waals surface area contributed by atoms with Gasteiger partial charge in [0.05, 0.1) is 6.61 Å². The number of carbonyl (C=O) groups is 1. The minimum atomic E-state index is -0.721. The van der Waals surface area contributed by atoms with E-state index in [0.717, 1.165) is 19.4 Å². The second-order valence-corrected chi connectivity index (χ2v) is 3.83. The Hall–Kier alpha value is -0.610. The van der Waals surface area contributed by atoms with Crippen LogP contribution in [-0.2, 0) is 9.53 Å². The Balaban J connectivity index is 2.52. The average Bonchev–Trinajstić information content (AvgIpc) is 2.65. The molecule has 1 N–H and O–H groups in total. The molecule has 0 aromatic heterocycles. The molecule has 1 fully saturated rings. The van der Waals surface area contributed by atoms with Crippen LogP contribution in [-0.4, -0.2) is 48.3 Å². The van der Waals surface area contributed by atoms with Gasteiger partial charge in [-0.15, -0.1) is 0 Å². The summed E-state index contributed by atoms with van der Waals surface area (Å²) in [6, 6.07) is -0.0747. The summed E-state index contributed by atoms with van der Waals surface area (Å²) >= 11 is 0. The van der Waals surface area contributed by atoms with Crippen molar-refractivity contribution >= 4 is 5.97 Å². The van der Waals surface area contributed by atoms with Crippen molar-refractivity contribution in [2.45, 2.75) is 38.3 Å². The summed E-state index contributed by atoms with van der Waals surface area (Å²) < 4.78 is 5.25. The highest BCUT2D eigenvalue weighted by molar-refractivity contribution is 5.73. The van der Waals surface area contributed by atoms with Gasteiger partial charge in [0.2, 0.25) is 0 Å². The molecular formula is C10H19NO3. The topological polar surface area (TPSA) is 49.8 Å². The number of nitrogens with zero attached hydrogens (tertiary/aromatic N) is 1. The van der Waals surface area contributed by atoms with Gasteiger partial charge in [-0.3, -0.25) is 9.69 Å². The van der Waals surface area contributed by atoms with Gasteiger partial charge in [0, 0.05) is 12.6 Å². The number of ether oxygens (including phenoxy) is 1. The molecular weight excluding hydrogens is 182 g/mol. The number of hydrogen-bond acceptors (Lipinski definition) is 3. The minimum absolute atomic E-state index is 0.280. The van der Waals surface area contributed by atoms with Crippen LogP contribution in [0, 0.1) is 0 Å². The van der Waals surface area contributed by atoms with Gasteiger partial charge in [0.25, 0.3) is 0 Å². The molecule has 14 heavy (non-hydrogen) atoms. The second-order valence-electron chi connectivity index (χ2n) is 3.83. The summed E-state index contributed by atoms with van der Waals surface area (Å²) in [4.78, 5) is 12.9. The highest BCUT2D eigenvalue weighted by atomic mass is 16.5. The molecule has 82 valence electrons. The fourth-order valence-corrected chi connectivity index (χ4v) is 1.87. The van der Waals surface area contributed by atoms with Crippen molar-refractivity contribution in [2.24, 2.45) is 0 Å². The molecule has 2 atom stereocenters. The SMILES string of the molecule is CCCC(C(=O)O)N(C)C1CCOC1. The van der Waals surface area contributed by atoms with Crippen LogP contribution in [0.15, 0.2) is 0 Å². The molecule has 1 aliphatic rings. The molecule has 0 bridgehead atoms. The zero-order valence-corrected chi connectivity index (χ0v) is 8.90. The third-order valence-corrected chi connectivity index (χ3v) is 2.82. The summed E-state index contributed by atoms with van der Waals surface area (Å²) in [5.41, 5.74) is 0. The van der Waals surface area contributed by atoms with Crippen molar-refractivity contribution < 1.29 is 14.6 Å². The average molecular weight is 201 g/mol. The van der Waals surface area contributed by atoms with E-state index in [1.807, 2.05) is 18.9 Å². The third-order valence-electron chi connectivity index (χ3n) is 2.82. The molecule has 0 radical (unpaired) electrons. The Labute approximate surface area is 84.8 Å². The highest BCUT2D eigenvalue weighted by Crippen LogP contribution is 2.16. The monoisotopic (exact) mass is 201 g/mol. The molecule has 4 heteroatoms. The van der Waals surface area contributed by atoms with Crippen LogP contribution in [0.25, 0.3) is 0 Å².